The van der Waals surface area contributed by atoms with Crippen LogP contribution >= 0.6 is 0 Å². The van der Waals surface area contributed by atoms with Gasteiger partial charge in [0.1, 0.15) is 5.69 Å². The number of hydrogen-bond donors (Lipinski definition) is 2. The maximum atomic E-state index is 11.4. The highest BCUT2D eigenvalue weighted by Crippen LogP contribution is 2.09. The number of ketones is 1. The Morgan fingerprint density at radius 3 is 2.62 bits per heavy atom. The van der Waals surface area contributed by atoms with Crippen LogP contribution in [0.4, 0.5) is 0 Å². The van der Waals surface area contributed by atoms with Crippen molar-refractivity contribution in [3.8, 4) is 0 Å². The molecule has 0 radical (unpaired) electrons. The number of carbonyl (C=O) groups excluding carboxylic acids is 1. The monoisotopic (exact) mass is 182 g/mol. The molecule has 1 aromatic rings. The van der Waals surface area contributed by atoms with Crippen LogP contribution in [0.1, 0.15) is 34.8 Å². The largest absolute Gasteiger partial charge is 0.477 e. The van der Waals surface area contributed by atoms with Crippen molar-refractivity contribution in [2.24, 2.45) is 5.92 Å². The van der Waals surface area contributed by atoms with Gasteiger partial charge in [0.15, 0.2) is 11.5 Å². The second-order valence-corrected chi connectivity index (χ2v) is 2.95. The predicted octanol–water partition coefficient (Wildman–Crippen LogP) is 0.947. The van der Waals surface area contributed by atoms with Gasteiger partial charge >= 0.3 is 5.97 Å². The van der Waals surface area contributed by atoms with Crippen LogP contribution in [0.25, 0.3) is 0 Å². The maximum Gasteiger partial charge on any atom is 0.354 e. The Morgan fingerprint density at radius 1 is 1.54 bits per heavy atom. The van der Waals surface area contributed by atoms with E-state index < -0.39 is 5.97 Å². The van der Waals surface area contributed by atoms with Crippen LogP contribution in [-0.2, 0) is 0 Å². The molecule has 1 rings (SSSR count). The molecule has 0 aliphatic heterocycles. The summed E-state index contributed by atoms with van der Waals surface area (Å²) in [4.78, 5) is 28.1. The third kappa shape index (κ3) is 1.74. The first-order chi connectivity index (χ1) is 6.04. The summed E-state index contributed by atoms with van der Waals surface area (Å²) < 4.78 is 0. The molecule has 0 fully saturated rings. The number of carboxylic acid groups (broad SMARTS) is 1. The number of Topliss-reactive ketones (excluding diaryl/α,β-unsaturated/α-hetero) is 1. The fourth-order valence-electron chi connectivity index (χ4n) is 0.918. The molecule has 0 amide bonds. The van der Waals surface area contributed by atoms with E-state index in [1.165, 1.54) is 6.33 Å². The summed E-state index contributed by atoms with van der Waals surface area (Å²) in [6.45, 7) is 3.39. The molecule has 0 bridgehead atoms. The van der Waals surface area contributed by atoms with Gasteiger partial charge < -0.3 is 10.1 Å². The van der Waals surface area contributed by atoms with E-state index in [0.717, 1.165) is 0 Å². The first-order valence-electron chi connectivity index (χ1n) is 3.85. The lowest BCUT2D eigenvalue weighted by molar-refractivity contribution is 0.0684. The highest BCUT2D eigenvalue weighted by Gasteiger charge is 2.21. The van der Waals surface area contributed by atoms with Gasteiger partial charge in [0.05, 0.1) is 6.33 Å². The van der Waals surface area contributed by atoms with Crippen LogP contribution in [0.2, 0.25) is 0 Å². The minimum atomic E-state index is -1.17. The zero-order valence-electron chi connectivity index (χ0n) is 7.37. The summed E-state index contributed by atoms with van der Waals surface area (Å²) in [7, 11) is 0. The highest BCUT2D eigenvalue weighted by molar-refractivity contribution is 6.04. The Kier molecular flexibility index (Phi) is 2.46. The lowest BCUT2D eigenvalue weighted by atomic mass is 10.1. The van der Waals surface area contributed by atoms with E-state index in [-0.39, 0.29) is 23.1 Å². The Bertz CT molecular complexity index is 341. The second kappa shape index (κ2) is 3.38. The standard InChI is InChI=1S/C8H10N2O3/c1-4(2)7(11)5-6(8(12)13)10-3-9-5/h3-4H,1-2H3,(H,9,10)(H,12,13). The van der Waals surface area contributed by atoms with Crippen molar-refractivity contribution in [2.75, 3.05) is 0 Å². The van der Waals surface area contributed by atoms with Gasteiger partial charge in [-0.1, -0.05) is 13.8 Å². The van der Waals surface area contributed by atoms with Crippen molar-refractivity contribution in [1.29, 1.82) is 0 Å². The molecule has 0 aliphatic carbocycles. The molecule has 0 atom stereocenters. The van der Waals surface area contributed by atoms with Gasteiger partial charge in [-0.3, -0.25) is 4.79 Å². The van der Waals surface area contributed by atoms with E-state index in [0.29, 0.717) is 0 Å². The average Bonchev–Trinajstić information content (AvgIpc) is 2.50. The number of H-pyrrole nitrogens is 1. The normalized spacial score (nSPS) is 10.4. The van der Waals surface area contributed by atoms with Crippen molar-refractivity contribution in [2.45, 2.75) is 13.8 Å². The first-order valence-corrected chi connectivity index (χ1v) is 3.85. The zero-order chi connectivity index (χ0) is 10.0. The summed E-state index contributed by atoms with van der Waals surface area (Å²) >= 11 is 0. The van der Waals surface area contributed by atoms with Gasteiger partial charge in [-0.05, 0) is 0 Å². The van der Waals surface area contributed by atoms with Crippen LogP contribution < -0.4 is 0 Å². The summed E-state index contributed by atoms with van der Waals surface area (Å²) in [5, 5.41) is 8.66. The SMILES string of the molecule is CC(C)C(=O)c1nc[nH]c1C(=O)O. The van der Waals surface area contributed by atoms with Crippen molar-refractivity contribution in [3.63, 3.8) is 0 Å². The average molecular weight is 182 g/mol. The smallest absolute Gasteiger partial charge is 0.354 e. The summed E-state index contributed by atoms with van der Waals surface area (Å²) in [5.74, 6) is -1.68. The number of carbonyl (C=O) groups is 2. The number of imidazole rings is 1. The summed E-state index contributed by atoms with van der Waals surface area (Å²) in [6, 6.07) is 0. The van der Waals surface area contributed by atoms with Crippen LogP contribution in [0, 0.1) is 5.92 Å². The summed E-state index contributed by atoms with van der Waals surface area (Å²) in [5.41, 5.74) is -0.138. The molecule has 1 aromatic heterocycles. The molecule has 70 valence electrons. The van der Waals surface area contributed by atoms with Crippen molar-refractivity contribution < 1.29 is 14.7 Å². The van der Waals surface area contributed by atoms with Gasteiger partial charge in [-0.2, -0.15) is 0 Å². The number of carboxylic acids is 1. The summed E-state index contributed by atoms with van der Waals surface area (Å²) in [6.07, 6.45) is 1.21. The lowest BCUT2D eigenvalue weighted by Crippen LogP contribution is -2.13. The van der Waals surface area contributed by atoms with E-state index in [4.69, 9.17) is 5.11 Å². The molecule has 13 heavy (non-hydrogen) atoms. The fraction of sp³-hybridized carbons (Fsp3) is 0.375. The lowest BCUT2D eigenvalue weighted by Gasteiger charge is -2.00. The molecule has 0 saturated carbocycles. The van der Waals surface area contributed by atoms with Crippen LogP contribution in [-0.4, -0.2) is 26.8 Å². The number of aromatic carboxylic acids is 1. The van der Waals surface area contributed by atoms with Crippen LogP contribution in [0.5, 0.6) is 0 Å². The minimum absolute atomic E-state index is 0.00231. The molecule has 1 heterocycles. The number of aromatic amines is 1. The minimum Gasteiger partial charge on any atom is -0.477 e. The van der Waals surface area contributed by atoms with Crippen LogP contribution in [0.15, 0.2) is 6.33 Å². The zero-order valence-corrected chi connectivity index (χ0v) is 7.37. The molecule has 0 saturated heterocycles. The molecule has 0 unspecified atom stereocenters. The predicted molar refractivity (Wildman–Crippen MR) is 44.7 cm³/mol. The second-order valence-electron chi connectivity index (χ2n) is 2.95. The topological polar surface area (TPSA) is 83.0 Å². The van der Waals surface area contributed by atoms with Crippen LogP contribution in [0.3, 0.4) is 0 Å². The first kappa shape index (κ1) is 9.44. The molecular weight excluding hydrogens is 172 g/mol. The van der Waals surface area contributed by atoms with Gasteiger partial charge in [-0.15, -0.1) is 0 Å². The Hall–Kier alpha value is -1.65. The number of aromatic nitrogens is 2. The van der Waals surface area contributed by atoms with Crippen molar-refractivity contribution in [1.82, 2.24) is 9.97 Å². The maximum absolute atomic E-state index is 11.4. The molecule has 5 heteroatoms. The van der Waals surface area contributed by atoms with Gasteiger partial charge in [0, 0.05) is 5.92 Å². The molecule has 2 N–H and O–H groups in total. The fourth-order valence-corrected chi connectivity index (χ4v) is 0.918. The van der Waals surface area contributed by atoms with Crippen molar-refractivity contribution >= 4 is 11.8 Å². The third-order valence-electron chi connectivity index (χ3n) is 1.61. The van der Waals surface area contributed by atoms with Gasteiger partial charge in [-0.25, -0.2) is 9.78 Å². The van der Waals surface area contributed by atoms with Gasteiger partial charge in [0.25, 0.3) is 0 Å². The molecule has 5 nitrogen and oxygen atoms in total. The number of rotatable bonds is 3. The highest BCUT2D eigenvalue weighted by atomic mass is 16.4. The quantitative estimate of drug-likeness (QED) is 0.681. The van der Waals surface area contributed by atoms with E-state index >= 15 is 0 Å². The molecular formula is C8H10N2O3. The molecule has 0 spiro atoms. The Balaban J connectivity index is 3.08. The Morgan fingerprint density at radius 2 is 2.15 bits per heavy atom. The number of nitrogens with zero attached hydrogens (tertiary/aromatic N) is 1. The van der Waals surface area contributed by atoms with E-state index in [1.54, 1.807) is 13.8 Å². The Labute approximate surface area is 74.8 Å². The van der Waals surface area contributed by atoms with E-state index in [2.05, 4.69) is 9.97 Å². The van der Waals surface area contributed by atoms with E-state index in [1.807, 2.05) is 0 Å². The number of hydrogen-bond acceptors (Lipinski definition) is 3. The van der Waals surface area contributed by atoms with Crippen molar-refractivity contribution in [3.05, 3.63) is 17.7 Å². The molecule has 0 aromatic carbocycles. The third-order valence-corrected chi connectivity index (χ3v) is 1.61. The van der Waals surface area contributed by atoms with E-state index in [9.17, 15) is 9.59 Å². The molecule has 0 aliphatic rings. The van der Waals surface area contributed by atoms with Gasteiger partial charge in [0.2, 0.25) is 0 Å². The number of nitrogens with one attached hydrogen (secondary N) is 1.